The normalized spacial score (nSPS) is 12.9. The van der Waals surface area contributed by atoms with E-state index in [4.69, 9.17) is 11.5 Å². The molecule has 0 spiro atoms. The van der Waals surface area contributed by atoms with Crippen molar-refractivity contribution in [1.82, 2.24) is 29.7 Å². The summed E-state index contributed by atoms with van der Waals surface area (Å²) in [6.07, 6.45) is 3.42. The zero-order valence-corrected chi connectivity index (χ0v) is 10.1. The van der Waals surface area contributed by atoms with Crippen LogP contribution in [0, 0.1) is 0 Å². The number of rotatable bonds is 2. The molecule has 0 bridgehead atoms. The SMILES string of the molecule is Cn1cc(C(N)c2nc3nc(N)[nH]c(=O)c3[nH]2)cn1. The molecule has 3 aromatic rings. The monoisotopic (exact) mass is 260 g/mol. The lowest BCUT2D eigenvalue weighted by molar-refractivity contribution is 0.761. The Morgan fingerprint density at radius 3 is 2.84 bits per heavy atom. The Kier molecular flexibility index (Phi) is 2.35. The van der Waals surface area contributed by atoms with Gasteiger partial charge in [0.2, 0.25) is 5.95 Å². The molecule has 0 aliphatic rings. The van der Waals surface area contributed by atoms with Crippen molar-refractivity contribution in [2.45, 2.75) is 6.04 Å². The highest BCUT2D eigenvalue weighted by atomic mass is 16.1. The molecule has 9 nitrogen and oxygen atoms in total. The topological polar surface area (TPSA) is 144 Å². The summed E-state index contributed by atoms with van der Waals surface area (Å²) in [6, 6.07) is -0.511. The average Bonchev–Trinajstić information content (AvgIpc) is 2.94. The lowest BCUT2D eigenvalue weighted by Gasteiger charge is -2.04. The van der Waals surface area contributed by atoms with Crippen molar-refractivity contribution in [3.8, 4) is 0 Å². The number of nitrogen functional groups attached to an aromatic ring is 1. The van der Waals surface area contributed by atoms with Crippen molar-refractivity contribution in [1.29, 1.82) is 0 Å². The number of hydrogen-bond donors (Lipinski definition) is 4. The van der Waals surface area contributed by atoms with E-state index in [2.05, 4.69) is 25.0 Å². The number of nitrogens with two attached hydrogens (primary N) is 2. The minimum Gasteiger partial charge on any atom is -0.369 e. The van der Waals surface area contributed by atoms with Gasteiger partial charge in [-0.1, -0.05) is 0 Å². The predicted molar refractivity (Wildman–Crippen MR) is 68.2 cm³/mol. The quantitative estimate of drug-likeness (QED) is 0.465. The van der Waals surface area contributed by atoms with Crippen LogP contribution in [-0.2, 0) is 7.05 Å². The zero-order chi connectivity index (χ0) is 13.6. The second-order valence-corrected chi connectivity index (χ2v) is 4.20. The molecule has 98 valence electrons. The van der Waals surface area contributed by atoms with Crippen molar-refractivity contribution in [2.24, 2.45) is 12.8 Å². The number of hydrogen-bond acceptors (Lipinski definition) is 6. The van der Waals surface area contributed by atoms with Crippen LogP contribution in [0.1, 0.15) is 17.4 Å². The lowest BCUT2D eigenvalue weighted by Crippen LogP contribution is -2.13. The van der Waals surface area contributed by atoms with Gasteiger partial charge in [-0.05, 0) is 0 Å². The molecule has 0 aliphatic heterocycles. The molecule has 0 aliphatic carbocycles. The van der Waals surface area contributed by atoms with Gasteiger partial charge in [-0.3, -0.25) is 14.5 Å². The molecule has 3 aromatic heterocycles. The first-order chi connectivity index (χ1) is 9.04. The predicted octanol–water partition coefficient (Wildman–Crippen LogP) is -0.990. The first-order valence-electron chi connectivity index (χ1n) is 5.54. The van der Waals surface area contributed by atoms with Gasteiger partial charge in [0.1, 0.15) is 5.82 Å². The number of nitrogens with one attached hydrogen (secondary N) is 2. The molecule has 0 aromatic carbocycles. The first kappa shape index (κ1) is 11.4. The van der Waals surface area contributed by atoms with E-state index in [1.807, 2.05) is 0 Å². The maximum absolute atomic E-state index is 11.7. The van der Waals surface area contributed by atoms with E-state index in [0.717, 1.165) is 5.56 Å². The molecule has 0 fully saturated rings. The van der Waals surface area contributed by atoms with Crippen molar-refractivity contribution < 1.29 is 0 Å². The Balaban J connectivity index is 2.11. The van der Waals surface area contributed by atoms with E-state index in [-0.39, 0.29) is 22.7 Å². The Morgan fingerprint density at radius 2 is 2.16 bits per heavy atom. The second kappa shape index (κ2) is 3.92. The van der Waals surface area contributed by atoms with E-state index < -0.39 is 6.04 Å². The fourth-order valence-electron chi connectivity index (χ4n) is 1.85. The number of imidazole rings is 1. The molecule has 6 N–H and O–H groups in total. The largest absolute Gasteiger partial charge is 0.369 e. The van der Waals surface area contributed by atoms with Gasteiger partial charge in [0.15, 0.2) is 11.2 Å². The van der Waals surface area contributed by atoms with Gasteiger partial charge in [0, 0.05) is 18.8 Å². The summed E-state index contributed by atoms with van der Waals surface area (Å²) in [4.78, 5) is 25.1. The van der Waals surface area contributed by atoms with Crippen molar-refractivity contribution in [3.05, 3.63) is 34.1 Å². The summed E-state index contributed by atoms with van der Waals surface area (Å²) >= 11 is 0. The van der Waals surface area contributed by atoms with Gasteiger partial charge in [-0.2, -0.15) is 10.1 Å². The molecule has 1 unspecified atom stereocenters. The minimum absolute atomic E-state index is 0.0190. The van der Waals surface area contributed by atoms with Crippen LogP contribution in [0.5, 0.6) is 0 Å². The van der Waals surface area contributed by atoms with Crippen LogP contribution in [0.15, 0.2) is 17.2 Å². The molecule has 3 rings (SSSR count). The zero-order valence-electron chi connectivity index (χ0n) is 10.1. The highest BCUT2D eigenvalue weighted by Gasteiger charge is 2.17. The summed E-state index contributed by atoms with van der Waals surface area (Å²) in [6.45, 7) is 0. The fraction of sp³-hybridized carbons (Fsp3) is 0.200. The summed E-state index contributed by atoms with van der Waals surface area (Å²) in [7, 11) is 1.79. The van der Waals surface area contributed by atoms with E-state index in [1.165, 1.54) is 0 Å². The van der Waals surface area contributed by atoms with Crippen LogP contribution in [0.25, 0.3) is 11.2 Å². The molecule has 9 heteroatoms. The molecule has 0 saturated heterocycles. The third-order valence-electron chi connectivity index (χ3n) is 2.78. The summed E-state index contributed by atoms with van der Waals surface area (Å²) in [5, 5.41) is 4.04. The average molecular weight is 260 g/mol. The number of nitrogens with zero attached hydrogens (tertiary/aromatic N) is 4. The lowest BCUT2D eigenvalue weighted by atomic mass is 10.2. The van der Waals surface area contributed by atoms with Crippen LogP contribution in [0.3, 0.4) is 0 Å². The highest BCUT2D eigenvalue weighted by Crippen LogP contribution is 2.17. The van der Waals surface area contributed by atoms with Crippen molar-refractivity contribution >= 4 is 17.1 Å². The molecule has 0 radical (unpaired) electrons. The standard InChI is InChI=1S/C10H12N8O/c1-18-3-4(2-13-18)5(11)7-14-6-8(15-7)16-10(12)17-9(6)19/h2-3,5H,11H2,1H3,(H4,12,14,15,16,17,19). The summed E-state index contributed by atoms with van der Waals surface area (Å²) < 4.78 is 1.64. The first-order valence-corrected chi connectivity index (χ1v) is 5.54. The molecule has 19 heavy (non-hydrogen) atoms. The highest BCUT2D eigenvalue weighted by molar-refractivity contribution is 5.70. The van der Waals surface area contributed by atoms with Crippen LogP contribution < -0.4 is 17.0 Å². The Bertz CT molecular complexity index is 797. The minimum atomic E-state index is -0.511. The van der Waals surface area contributed by atoms with E-state index in [9.17, 15) is 4.79 Å². The molecule has 0 amide bonds. The molecule has 3 heterocycles. The Labute approximate surface area is 106 Å². The third-order valence-corrected chi connectivity index (χ3v) is 2.78. The molecule has 0 saturated carbocycles. The van der Waals surface area contributed by atoms with Crippen molar-refractivity contribution in [3.63, 3.8) is 0 Å². The number of fused-ring (bicyclic) bond motifs is 1. The van der Waals surface area contributed by atoms with Gasteiger partial charge < -0.3 is 16.5 Å². The van der Waals surface area contributed by atoms with E-state index >= 15 is 0 Å². The second-order valence-electron chi connectivity index (χ2n) is 4.20. The Hall–Kier alpha value is -2.68. The van der Waals surface area contributed by atoms with Gasteiger partial charge >= 0.3 is 0 Å². The van der Waals surface area contributed by atoms with Gasteiger partial charge in [0.05, 0.1) is 12.2 Å². The summed E-state index contributed by atoms with van der Waals surface area (Å²) in [5.74, 6) is 0.456. The number of aromatic nitrogens is 6. The van der Waals surface area contributed by atoms with Crippen LogP contribution >= 0.6 is 0 Å². The van der Waals surface area contributed by atoms with Gasteiger partial charge in [-0.15, -0.1) is 0 Å². The van der Waals surface area contributed by atoms with Crippen molar-refractivity contribution in [2.75, 3.05) is 5.73 Å². The van der Waals surface area contributed by atoms with Crippen LogP contribution in [0.4, 0.5) is 5.95 Å². The van der Waals surface area contributed by atoms with E-state index in [0.29, 0.717) is 5.82 Å². The van der Waals surface area contributed by atoms with Crippen LogP contribution in [-0.4, -0.2) is 29.7 Å². The van der Waals surface area contributed by atoms with Gasteiger partial charge in [0.25, 0.3) is 5.56 Å². The third kappa shape index (κ3) is 1.85. The fourth-order valence-corrected chi connectivity index (χ4v) is 1.85. The van der Waals surface area contributed by atoms with Gasteiger partial charge in [-0.25, -0.2) is 4.98 Å². The number of H-pyrrole nitrogens is 2. The summed E-state index contributed by atoms with van der Waals surface area (Å²) in [5.41, 5.74) is 12.4. The number of anilines is 1. The molecular weight excluding hydrogens is 248 g/mol. The maximum atomic E-state index is 11.7. The number of aromatic amines is 2. The maximum Gasteiger partial charge on any atom is 0.278 e. The Morgan fingerprint density at radius 1 is 1.37 bits per heavy atom. The molecule has 1 atom stereocenters. The van der Waals surface area contributed by atoms with E-state index in [1.54, 1.807) is 24.1 Å². The number of aryl methyl sites for hydroxylation is 1. The smallest absolute Gasteiger partial charge is 0.278 e. The van der Waals surface area contributed by atoms with Crippen LogP contribution in [0.2, 0.25) is 0 Å². The molecular formula is C10H12N8O.